The van der Waals surface area contributed by atoms with Crippen LogP contribution in [-0.4, -0.2) is 41.6 Å². The molecule has 1 aliphatic heterocycles. The molecule has 0 radical (unpaired) electrons. The second kappa shape index (κ2) is 9.16. The first-order valence-electron chi connectivity index (χ1n) is 11.3. The van der Waals surface area contributed by atoms with Gasteiger partial charge in [0.25, 0.3) is 11.5 Å². The molecular weight excluding hydrogens is 444 g/mol. The number of para-hydroxylation sites is 1. The summed E-state index contributed by atoms with van der Waals surface area (Å²) in [6.45, 7) is 4.65. The zero-order chi connectivity index (χ0) is 23.7. The molecule has 0 bridgehead atoms. The van der Waals surface area contributed by atoms with Gasteiger partial charge < -0.3 is 14.4 Å². The number of piperazine rings is 1. The van der Waals surface area contributed by atoms with E-state index in [4.69, 9.17) is 0 Å². The van der Waals surface area contributed by atoms with E-state index in [1.807, 2.05) is 77.9 Å². The van der Waals surface area contributed by atoms with E-state index >= 15 is 0 Å². The van der Waals surface area contributed by atoms with Gasteiger partial charge in [-0.1, -0.05) is 54.1 Å². The third kappa shape index (κ3) is 3.97. The van der Waals surface area contributed by atoms with Crippen molar-refractivity contribution in [3.63, 3.8) is 0 Å². The third-order valence-corrected chi connectivity index (χ3v) is 7.19. The molecule has 0 saturated carbocycles. The first-order valence-corrected chi connectivity index (χ1v) is 12.1. The molecule has 2 aromatic heterocycles. The number of rotatable bonds is 4. The molecule has 1 fully saturated rings. The van der Waals surface area contributed by atoms with Crippen LogP contribution in [0.25, 0.3) is 10.9 Å². The van der Waals surface area contributed by atoms with E-state index in [1.54, 1.807) is 4.57 Å². The monoisotopic (exact) mass is 468 g/mol. The van der Waals surface area contributed by atoms with E-state index in [0.29, 0.717) is 38.4 Å². The highest BCUT2D eigenvalue weighted by molar-refractivity contribution is 7.12. The number of pyridine rings is 1. The number of anilines is 1. The Hall–Kier alpha value is -3.89. The van der Waals surface area contributed by atoms with Crippen LogP contribution in [0.15, 0.2) is 70.8 Å². The molecule has 0 N–H and O–H groups in total. The summed E-state index contributed by atoms with van der Waals surface area (Å²) < 4.78 is 1.69. The first-order chi connectivity index (χ1) is 16.6. The molecule has 6 nitrogen and oxygen atoms in total. The van der Waals surface area contributed by atoms with Crippen LogP contribution >= 0.6 is 11.3 Å². The van der Waals surface area contributed by atoms with Gasteiger partial charge in [-0.25, -0.2) is 0 Å². The van der Waals surface area contributed by atoms with Crippen LogP contribution in [0.5, 0.6) is 0 Å². The second-order valence-electron chi connectivity index (χ2n) is 8.49. The van der Waals surface area contributed by atoms with Crippen LogP contribution in [0.4, 0.5) is 5.69 Å². The SMILES string of the molecule is Cc1ccc(Cn2c(=O)c(C#N)c(N3CCN(C(=O)c4cccs4)CC3)c3ccccc32)cc1. The van der Waals surface area contributed by atoms with Crippen molar-refractivity contribution in [3.8, 4) is 6.07 Å². The Kier molecular flexibility index (Phi) is 5.91. The number of amides is 1. The highest BCUT2D eigenvalue weighted by atomic mass is 32.1. The van der Waals surface area contributed by atoms with Crippen LogP contribution in [0.2, 0.25) is 0 Å². The van der Waals surface area contributed by atoms with Gasteiger partial charge in [0.1, 0.15) is 11.6 Å². The molecule has 1 aliphatic rings. The Morgan fingerprint density at radius 2 is 1.74 bits per heavy atom. The van der Waals surface area contributed by atoms with E-state index in [1.165, 1.54) is 11.3 Å². The van der Waals surface area contributed by atoms with Gasteiger partial charge in [-0.3, -0.25) is 9.59 Å². The molecule has 2 aromatic carbocycles. The van der Waals surface area contributed by atoms with Crippen molar-refractivity contribution in [2.45, 2.75) is 13.5 Å². The molecule has 3 heterocycles. The van der Waals surface area contributed by atoms with Crippen molar-refractivity contribution in [2.24, 2.45) is 0 Å². The lowest BCUT2D eigenvalue weighted by atomic mass is 10.1. The summed E-state index contributed by atoms with van der Waals surface area (Å²) in [7, 11) is 0. The number of aromatic nitrogens is 1. The van der Waals surface area contributed by atoms with Gasteiger partial charge in [-0.2, -0.15) is 5.26 Å². The van der Waals surface area contributed by atoms with Gasteiger partial charge in [-0.15, -0.1) is 11.3 Å². The highest BCUT2D eigenvalue weighted by Gasteiger charge is 2.27. The maximum Gasteiger partial charge on any atom is 0.271 e. The van der Waals surface area contributed by atoms with Gasteiger partial charge in [0.15, 0.2) is 0 Å². The van der Waals surface area contributed by atoms with Crippen LogP contribution in [0.1, 0.15) is 26.4 Å². The quantitative estimate of drug-likeness (QED) is 0.449. The number of thiophene rings is 1. The number of hydrogen-bond donors (Lipinski definition) is 0. The van der Waals surface area contributed by atoms with E-state index in [0.717, 1.165) is 26.9 Å². The van der Waals surface area contributed by atoms with Crippen molar-refractivity contribution in [1.82, 2.24) is 9.47 Å². The number of nitrogens with zero attached hydrogens (tertiary/aromatic N) is 4. The lowest BCUT2D eigenvalue weighted by molar-refractivity contribution is 0.0751. The van der Waals surface area contributed by atoms with Crippen LogP contribution in [-0.2, 0) is 6.54 Å². The van der Waals surface area contributed by atoms with Gasteiger partial charge >= 0.3 is 0 Å². The van der Waals surface area contributed by atoms with Gasteiger partial charge in [0.05, 0.1) is 22.6 Å². The van der Waals surface area contributed by atoms with E-state index in [2.05, 4.69) is 11.0 Å². The minimum Gasteiger partial charge on any atom is -0.366 e. The molecule has 5 rings (SSSR count). The van der Waals surface area contributed by atoms with Gasteiger partial charge in [0, 0.05) is 31.6 Å². The maximum absolute atomic E-state index is 13.5. The average Bonchev–Trinajstić information content (AvgIpc) is 3.41. The minimum absolute atomic E-state index is 0.0357. The number of benzene rings is 2. The summed E-state index contributed by atoms with van der Waals surface area (Å²) in [5.74, 6) is 0.0357. The summed E-state index contributed by atoms with van der Waals surface area (Å²) >= 11 is 1.44. The van der Waals surface area contributed by atoms with E-state index < -0.39 is 0 Å². The minimum atomic E-state index is -0.283. The summed E-state index contributed by atoms with van der Waals surface area (Å²) in [5.41, 5.74) is 3.52. The molecule has 1 amide bonds. The lowest BCUT2D eigenvalue weighted by Crippen LogP contribution is -2.49. The first kappa shape index (κ1) is 21.9. The molecule has 1 saturated heterocycles. The summed E-state index contributed by atoms with van der Waals surface area (Å²) in [6, 6.07) is 21.8. The van der Waals surface area contributed by atoms with Crippen molar-refractivity contribution in [2.75, 3.05) is 31.1 Å². The average molecular weight is 469 g/mol. The van der Waals surface area contributed by atoms with E-state index in [-0.39, 0.29) is 17.0 Å². The smallest absolute Gasteiger partial charge is 0.271 e. The maximum atomic E-state index is 13.5. The number of nitriles is 1. The second-order valence-corrected chi connectivity index (χ2v) is 9.43. The Morgan fingerprint density at radius 1 is 1.00 bits per heavy atom. The standard InChI is InChI=1S/C27H24N4O2S/c1-19-8-10-20(11-9-19)18-31-23-6-3-2-5-21(23)25(22(17-28)26(31)32)29-12-14-30(15-13-29)27(33)24-7-4-16-34-24/h2-11,16H,12-15,18H2,1H3. The molecule has 0 aliphatic carbocycles. The fourth-order valence-electron chi connectivity index (χ4n) is 4.54. The molecule has 0 atom stereocenters. The number of hydrogen-bond acceptors (Lipinski definition) is 5. The molecule has 0 spiro atoms. The molecule has 4 aromatic rings. The predicted molar refractivity (Wildman–Crippen MR) is 136 cm³/mol. The third-order valence-electron chi connectivity index (χ3n) is 6.33. The summed E-state index contributed by atoms with van der Waals surface area (Å²) in [4.78, 5) is 30.9. The van der Waals surface area contributed by atoms with Crippen molar-refractivity contribution < 1.29 is 4.79 Å². The van der Waals surface area contributed by atoms with Crippen molar-refractivity contribution in [3.05, 3.63) is 98.0 Å². The molecule has 170 valence electrons. The van der Waals surface area contributed by atoms with Crippen LogP contribution < -0.4 is 10.5 Å². The highest BCUT2D eigenvalue weighted by Crippen LogP contribution is 2.30. The number of fused-ring (bicyclic) bond motifs is 1. The largest absolute Gasteiger partial charge is 0.366 e. The Morgan fingerprint density at radius 3 is 2.41 bits per heavy atom. The Bertz CT molecular complexity index is 1440. The van der Waals surface area contributed by atoms with Gasteiger partial charge in [0.2, 0.25) is 0 Å². The summed E-state index contributed by atoms with van der Waals surface area (Å²) in [6.07, 6.45) is 0. The topological polar surface area (TPSA) is 69.3 Å². The fourth-order valence-corrected chi connectivity index (χ4v) is 5.23. The fraction of sp³-hybridized carbons (Fsp3) is 0.222. The number of carbonyl (C=O) groups excluding carboxylic acids is 1. The zero-order valence-electron chi connectivity index (χ0n) is 18.9. The number of carbonyl (C=O) groups is 1. The summed E-state index contributed by atoms with van der Waals surface area (Å²) in [5, 5.41) is 12.8. The van der Waals surface area contributed by atoms with Crippen molar-refractivity contribution >= 4 is 33.8 Å². The zero-order valence-corrected chi connectivity index (χ0v) is 19.7. The van der Waals surface area contributed by atoms with Crippen LogP contribution in [0, 0.1) is 18.3 Å². The molecule has 34 heavy (non-hydrogen) atoms. The van der Waals surface area contributed by atoms with Gasteiger partial charge in [-0.05, 0) is 30.0 Å². The molecular formula is C27H24N4O2S. The number of aryl methyl sites for hydroxylation is 1. The molecule has 7 heteroatoms. The normalized spacial score (nSPS) is 13.8. The van der Waals surface area contributed by atoms with Crippen LogP contribution in [0.3, 0.4) is 0 Å². The Balaban J connectivity index is 1.51. The lowest BCUT2D eigenvalue weighted by Gasteiger charge is -2.37. The van der Waals surface area contributed by atoms with E-state index in [9.17, 15) is 14.9 Å². The van der Waals surface area contributed by atoms with Crippen molar-refractivity contribution in [1.29, 1.82) is 5.26 Å². The molecule has 0 unspecified atom stereocenters. The predicted octanol–water partition coefficient (Wildman–Crippen LogP) is 4.25. The Labute approximate surface area is 201 Å².